The first kappa shape index (κ1) is 12.6. The SMILES string of the molecule is CCC1CCCCCN1C(=O)C1=CCOCC1. The minimum absolute atomic E-state index is 0.266. The van der Waals surface area contributed by atoms with Gasteiger partial charge >= 0.3 is 0 Å². The maximum Gasteiger partial charge on any atom is 0.249 e. The van der Waals surface area contributed by atoms with Gasteiger partial charge in [0, 0.05) is 24.6 Å². The molecule has 0 aromatic rings. The molecule has 2 heterocycles. The molecule has 3 heteroatoms. The van der Waals surface area contributed by atoms with E-state index in [2.05, 4.69) is 11.8 Å². The van der Waals surface area contributed by atoms with Crippen LogP contribution in [0.2, 0.25) is 0 Å². The topological polar surface area (TPSA) is 29.5 Å². The minimum Gasteiger partial charge on any atom is -0.377 e. The lowest BCUT2D eigenvalue weighted by molar-refractivity contribution is -0.130. The van der Waals surface area contributed by atoms with Gasteiger partial charge in [0.1, 0.15) is 0 Å². The van der Waals surface area contributed by atoms with E-state index >= 15 is 0 Å². The van der Waals surface area contributed by atoms with E-state index in [1.54, 1.807) is 0 Å². The summed E-state index contributed by atoms with van der Waals surface area (Å²) in [6.45, 7) is 4.43. The molecule has 0 spiro atoms. The van der Waals surface area contributed by atoms with E-state index in [-0.39, 0.29) is 5.91 Å². The first-order valence-electron chi connectivity index (χ1n) is 6.90. The number of rotatable bonds is 2. The molecule has 17 heavy (non-hydrogen) atoms. The number of carbonyl (C=O) groups excluding carboxylic acids is 1. The molecule has 1 amide bonds. The molecule has 3 nitrogen and oxygen atoms in total. The zero-order valence-corrected chi connectivity index (χ0v) is 10.8. The zero-order valence-electron chi connectivity index (χ0n) is 10.8. The predicted molar refractivity (Wildman–Crippen MR) is 67.8 cm³/mol. The summed E-state index contributed by atoms with van der Waals surface area (Å²) in [4.78, 5) is 14.6. The lowest BCUT2D eigenvalue weighted by atomic mass is 10.0. The van der Waals surface area contributed by atoms with Crippen molar-refractivity contribution in [1.29, 1.82) is 0 Å². The average molecular weight is 237 g/mol. The van der Waals surface area contributed by atoms with Gasteiger partial charge in [-0.1, -0.05) is 25.8 Å². The average Bonchev–Trinajstić information content (AvgIpc) is 2.64. The Bertz CT molecular complexity index is 299. The molecule has 2 rings (SSSR count). The molecule has 0 aromatic carbocycles. The van der Waals surface area contributed by atoms with Gasteiger partial charge in [-0.3, -0.25) is 4.79 Å². The summed E-state index contributed by atoms with van der Waals surface area (Å²) in [6.07, 6.45) is 8.69. The van der Waals surface area contributed by atoms with E-state index in [9.17, 15) is 4.79 Å². The summed E-state index contributed by atoms with van der Waals surface area (Å²) >= 11 is 0. The number of carbonyl (C=O) groups is 1. The highest BCUT2D eigenvalue weighted by Gasteiger charge is 2.26. The number of nitrogens with zero attached hydrogens (tertiary/aromatic N) is 1. The molecule has 0 radical (unpaired) electrons. The smallest absolute Gasteiger partial charge is 0.249 e. The van der Waals surface area contributed by atoms with Crippen LogP contribution in [0, 0.1) is 0 Å². The van der Waals surface area contributed by atoms with E-state index in [0.29, 0.717) is 19.3 Å². The Morgan fingerprint density at radius 2 is 2.35 bits per heavy atom. The summed E-state index contributed by atoms with van der Waals surface area (Å²) in [7, 11) is 0. The quantitative estimate of drug-likeness (QED) is 0.738. The number of hydrogen-bond acceptors (Lipinski definition) is 2. The molecule has 0 bridgehead atoms. The largest absolute Gasteiger partial charge is 0.377 e. The van der Waals surface area contributed by atoms with Crippen LogP contribution in [0.3, 0.4) is 0 Å². The summed E-state index contributed by atoms with van der Waals surface area (Å²) in [6, 6.07) is 0.453. The van der Waals surface area contributed by atoms with Gasteiger partial charge in [-0.2, -0.15) is 0 Å². The van der Waals surface area contributed by atoms with E-state index < -0.39 is 0 Å². The van der Waals surface area contributed by atoms with Gasteiger partial charge in [0.15, 0.2) is 0 Å². The van der Waals surface area contributed by atoms with Crippen molar-refractivity contribution >= 4 is 5.91 Å². The van der Waals surface area contributed by atoms with E-state index in [0.717, 1.165) is 31.4 Å². The van der Waals surface area contributed by atoms with Crippen LogP contribution < -0.4 is 0 Å². The molecule has 1 saturated heterocycles. The number of likely N-dealkylation sites (tertiary alicyclic amines) is 1. The van der Waals surface area contributed by atoms with Crippen molar-refractivity contribution in [3.63, 3.8) is 0 Å². The highest BCUT2D eigenvalue weighted by Crippen LogP contribution is 2.22. The Hall–Kier alpha value is -0.830. The van der Waals surface area contributed by atoms with Gasteiger partial charge in [-0.15, -0.1) is 0 Å². The normalized spacial score (nSPS) is 26.3. The van der Waals surface area contributed by atoms with Crippen molar-refractivity contribution in [2.75, 3.05) is 19.8 Å². The third kappa shape index (κ3) is 3.09. The van der Waals surface area contributed by atoms with Gasteiger partial charge in [-0.25, -0.2) is 0 Å². The molecule has 1 unspecified atom stereocenters. The van der Waals surface area contributed by atoms with Crippen molar-refractivity contribution in [2.45, 2.75) is 51.5 Å². The second-order valence-electron chi connectivity index (χ2n) is 4.96. The second-order valence-corrected chi connectivity index (χ2v) is 4.96. The van der Waals surface area contributed by atoms with Crippen molar-refractivity contribution in [3.05, 3.63) is 11.6 Å². The van der Waals surface area contributed by atoms with Gasteiger partial charge in [0.25, 0.3) is 0 Å². The van der Waals surface area contributed by atoms with Crippen LogP contribution in [0.1, 0.15) is 45.4 Å². The summed E-state index contributed by atoms with van der Waals surface area (Å²) < 4.78 is 5.27. The Labute approximate surface area is 104 Å². The van der Waals surface area contributed by atoms with Gasteiger partial charge in [-0.05, 0) is 19.3 Å². The van der Waals surface area contributed by atoms with Crippen LogP contribution in [0.4, 0.5) is 0 Å². The number of hydrogen-bond donors (Lipinski definition) is 0. The van der Waals surface area contributed by atoms with Crippen molar-refractivity contribution in [3.8, 4) is 0 Å². The second kappa shape index (κ2) is 6.20. The summed E-state index contributed by atoms with van der Waals surface area (Å²) in [5.41, 5.74) is 0.969. The zero-order chi connectivity index (χ0) is 12.1. The Morgan fingerprint density at radius 3 is 3.06 bits per heavy atom. The van der Waals surface area contributed by atoms with Crippen LogP contribution in [-0.2, 0) is 9.53 Å². The minimum atomic E-state index is 0.266. The van der Waals surface area contributed by atoms with Crippen LogP contribution in [0.5, 0.6) is 0 Å². The molecule has 2 aliphatic heterocycles. The monoisotopic (exact) mass is 237 g/mol. The van der Waals surface area contributed by atoms with Crippen molar-refractivity contribution in [1.82, 2.24) is 4.90 Å². The number of ether oxygens (including phenoxy) is 1. The summed E-state index contributed by atoms with van der Waals surface area (Å²) in [5, 5.41) is 0. The molecular formula is C14H23NO2. The molecule has 0 aromatic heterocycles. The van der Waals surface area contributed by atoms with Gasteiger partial charge < -0.3 is 9.64 Å². The standard InChI is InChI=1S/C14H23NO2/c1-2-13-6-4-3-5-9-15(13)14(16)12-7-10-17-11-8-12/h7,13H,2-6,8-11H2,1H3. The first-order valence-corrected chi connectivity index (χ1v) is 6.90. The van der Waals surface area contributed by atoms with Gasteiger partial charge in [0.2, 0.25) is 5.91 Å². The Kier molecular flexibility index (Phi) is 4.60. The molecule has 0 aliphatic carbocycles. The molecule has 0 saturated carbocycles. The first-order chi connectivity index (χ1) is 8.33. The lowest BCUT2D eigenvalue weighted by Crippen LogP contribution is -2.41. The lowest BCUT2D eigenvalue weighted by Gasteiger charge is -2.31. The molecule has 96 valence electrons. The fourth-order valence-corrected chi connectivity index (χ4v) is 2.77. The summed E-state index contributed by atoms with van der Waals surface area (Å²) in [5.74, 6) is 0.266. The Balaban J connectivity index is 2.06. The van der Waals surface area contributed by atoms with Crippen molar-refractivity contribution < 1.29 is 9.53 Å². The Morgan fingerprint density at radius 1 is 1.47 bits per heavy atom. The molecule has 2 aliphatic rings. The molecular weight excluding hydrogens is 214 g/mol. The maximum absolute atomic E-state index is 12.5. The van der Waals surface area contributed by atoms with Crippen LogP contribution in [0.25, 0.3) is 0 Å². The van der Waals surface area contributed by atoms with E-state index in [1.807, 2.05) is 6.08 Å². The third-order valence-electron chi connectivity index (χ3n) is 3.85. The molecule has 1 atom stereocenters. The highest BCUT2D eigenvalue weighted by molar-refractivity contribution is 5.93. The van der Waals surface area contributed by atoms with Crippen LogP contribution in [-0.4, -0.2) is 36.6 Å². The van der Waals surface area contributed by atoms with Crippen molar-refractivity contribution in [2.24, 2.45) is 0 Å². The van der Waals surface area contributed by atoms with Gasteiger partial charge in [0.05, 0.1) is 13.2 Å². The fourth-order valence-electron chi connectivity index (χ4n) is 2.77. The number of amides is 1. The van der Waals surface area contributed by atoms with Crippen LogP contribution in [0.15, 0.2) is 11.6 Å². The maximum atomic E-state index is 12.5. The highest BCUT2D eigenvalue weighted by atomic mass is 16.5. The van der Waals surface area contributed by atoms with E-state index in [4.69, 9.17) is 4.74 Å². The van der Waals surface area contributed by atoms with E-state index in [1.165, 1.54) is 19.3 Å². The third-order valence-corrected chi connectivity index (χ3v) is 3.85. The molecule has 1 fully saturated rings. The predicted octanol–water partition coefficient (Wildman–Crippen LogP) is 2.51. The fraction of sp³-hybridized carbons (Fsp3) is 0.786. The molecule has 0 N–H and O–H groups in total. The van der Waals surface area contributed by atoms with Crippen LogP contribution >= 0.6 is 0 Å².